The molecule has 0 aliphatic heterocycles. The molecule has 0 aliphatic rings. The van der Waals surface area contributed by atoms with Gasteiger partial charge in [-0.05, 0) is 28.7 Å². The lowest BCUT2D eigenvalue weighted by Crippen LogP contribution is -2.52. The van der Waals surface area contributed by atoms with Gasteiger partial charge in [-0.15, -0.1) is 0 Å². The summed E-state index contributed by atoms with van der Waals surface area (Å²) in [5, 5.41) is 2.59. The predicted octanol–water partition coefficient (Wildman–Crippen LogP) is 4.93. The first kappa shape index (κ1) is 23.9. The molecule has 0 saturated carbocycles. The summed E-state index contributed by atoms with van der Waals surface area (Å²) < 4.78 is 20.6. The minimum Gasteiger partial charge on any atom is -0.445 e. The van der Waals surface area contributed by atoms with Gasteiger partial charge < -0.3 is 10.1 Å². The third-order valence-corrected chi connectivity index (χ3v) is 4.93. The Labute approximate surface area is 185 Å². The monoisotopic (exact) mass is 478 g/mol. The van der Waals surface area contributed by atoms with E-state index in [1.165, 1.54) is 18.0 Å². The maximum Gasteiger partial charge on any atom is 0.410 e. The number of carbonyl (C=O) groups excluding carboxylic acids is 2. The van der Waals surface area contributed by atoms with Crippen LogP contribution in [-0.2, 0) is 22.6 Å². The molecule has 2 aromatic rings. The summed E-state index contributed by atoms with van der Waals surface area (Å²) in [5.41, 5.74) is 0.898. The summed E-state index contributed by atoms with van der Waals surface area (Å²) in [4.78, 5) is 27.1. The molecule has 2 rings (SSSR count). The van der Waals surface area contributed by atoms with E-state index in [0.717, 1.165) is 5.56 Å². The van der Waals surface area contributed by atoms with Crippen molar-refractivity contribution in [2.45, 2.75) is 39.8 Å². The summed E-state index contributed by atoms with van der Waals surface area (Å²) >= 11 is 3.24. The first-order valence-electron chi connectivity index (χ1n) is 9.73. The number of halogens is 2. The number of likely N-dealkylation sites (N-methyl/N-ethyl adjacent to an activating group) is 1. The molecule has 1 atom stereocenters. The average molecular weight is 479 g/mol. The van der Waals surface area contributed by atoms with Crippen LogP contribution in [0, 0.1) is 11.2 Å². The second kappa shape index (κ2) is 10.6. The summed E-state index contributed by atoms with van der Waals surface area (Å²) in [6, 6.07) is 13.1. The molecular formula is C23H28BrFN2O3. The van der Waals surface area contributed by atoms with E-state index in [-0.39, 0.29) is 30.9 Å². The van der Waals surface area contributed by atoms with Crippen molar-refractivity contribution in [1.82, 2.24) is 10.2 Å². The normalized spacial score (nSPS) is 12.2. The lowest BCUT2D eigenvalue weighted by molar-refractivity contribution is -0.126. The molecule has 0 heterocycles. The van der Waals surface area contributed by atoms with Crippen LogP contribution < -0.4 is 5.32 Å². The molecule has 0 unspecified atom stereocenters. The van der Waals surface area contributed by atoms with Crippen LogP contribution in [0.1, 0.15) is 31.9 Å². The van der Waals surface area contributed by atoms with Gasteiger partial charge in [-0.2, -0.15) is 0 Å². The number of nitrogens with one attached hydrogen (secondary N) is 1. The first-order chi connectivity index (χ1) is 14.1. The lowest BCUT2D eigenvalue weighted by atomic mass is 9.94. The highest BCUT2D eigenvalue weighted by atomic mass is 79.9. The van der Waals surface area contributed by atoms with E-state index in [9.17, 15) is 14.0 Å². The van der Waals surface area contributed by atoms with E-state index in [0.29, 0.717) is 10.0 Å². The number of hydrogen-bond acceptors (Lipinski definition) is 3. The van der Waals surface area contributed by atoms with Crippen LogP contribution in [0.15, 0.2) is 53.0 Å². The molecule has 5 nitrogen and oxygen atoms in total. The number of rotatable bonds is 7. The molecule has 0 bridgehead atoms. The number of carbonyl (C=O) groups is 2. The maximum atomic E-state index is 14.5. The topological polar surface area (TPSA) is 58.6 Å². The summed E-state index contributed by atoms with van der Waals surface area (Å²) in [6.07, 6.45) is -0.574. The van der Waals surface area contributed by atoms with Crippen molar-refractivity contribution in [3.05, 3.63) is 69.9 Å². The zero-order valence-corrected chi connectivity index (χ0v) is 19.3. The minimum atomic E-state index is -0.909. The fourth-order valence-electron chi connectivity index (χ4n) is 3.02. The standard InChI is InChI=1S/C23H28BrFN2O3/c1-23(2,3)15-27(22(29)30-14-16-8-6-5-7-9-16)20(21(28)26-4)12-17-10-11-18(24)13-19(17)25/h5-11,13,20H,12,14-15H2,1-4H3,(H,26,28)/t20-/m0/s1. The van der Waals surface area contributed by atoms with Gasteiger partial charge in [-0.25, -0.2) is 9.18 Å². The van der Waals surface area contributed by atoms with Crippen molar-refractivity contribution in [3.63, 3.8) is 0 Å². The Bertz CT molecular complexity index is 868. The van der Waals surface area contributed by atoms with Gasteiger partial charge in [0.1, 0.15) is 18.5 Å². The molecular weight excluding hydrogens is 451 g/mol. The third kappa shape index (κ3) is 7.13. The van der Waals surface area contributed by atoms with Gasteiger partial charge in [0.05, 0.1) is 0 Å². The van der Waals surface area contributed by atoms with Crippen LogP contribution in [0.25, 0.3) is 0 Å². The van der Waals surface area contributed by atoms with Crippen molar-refractivity contribution in [1.29, 1.82) is 0 Å². The number of hydrogen-bond donors (Lipinski definition) is 1. The van der Waals surface area contributed by atoms with Crippen molar-refractivity contribution in [2.24, 2.45) is 5.41 Å². The Morgan fingerprint density at radius 1 is 1.17 bits per heavy atom. The molecule has 0 fully saturated rings. The summed E-state index contributed by atoms with van der Waals surface area (Å²) in [7, 11) is 1.50. The zero-order chi connectivity index (χ0) is 22.3. The molecule has 0 aliphatic carbocycles. The van der Waals surface area contributed by atoms with Crippen molar-refractivity contribution in [2.75, 3.05) is 13.6 Å². The molecule has 30 heavy (non-hydrogen) atoms. The molecule has 162 valence electrons. The highest BCUT2D eigenvalue weighted by Crippen LogP contribution is 2.23. The second-order valence-corrected chi connectivity index (χ2v) is 9.21. The number of amides is 2. The Morgan fingerprint density at radius 2 is 1.83 bits per heavy atom. The van der Waals surface area contributed by atoms with E-state index in [4.69, 9.17) is 4.74 Å². The highest BCUT2D eigenvalue weighted by Gasteiger charge is 2.34. The fourth-order valence-corrected chi connectivity index (χ4v) is 3.35. The smallest absolute Gasteiger partial charge is 0.410 e. The quantitative estimate of drug-likeness (QED) is 0.613. The lowest BCUT2D eigenvalue weighted by Gasteiger charge is -2.34. The predicted molar refractivity (Wildman–Crippen MR) is 118 cm³/mol. The average Bonchev–Trinajstić information content (AvgIpc) is 2.69. The molecule has 1 N–H and O–H groups in total. The van der Waals surface area contributed by atoms with Gasteiger partial charge in [0.25, 0.3) is 0 Å². The van der Waals surface area contributed by atoms with Gasteiger partial charge in [0.15, 0.2) is 0 Å². The summed E-state index contributed by atoms with van der Waals surface area (Å²) in [5.74, 6) is -0.815. The van der Waals surface area contributed by atoms with Gasteiger partial charge in [0, 0.05) is 24.5 Å². The summed E-state index contributed by atoms with van der Waals surface area (Å²) in [6.45, 7) is 6.26. The molecule has 2 amide bonds. The first-order valence-corrected chi connectivity index (χ1v) is 10.5. The Hall–Kier alpha value is -2.41. The van der Waals surface area contributed by atoms with E-state index in [1.54, 1.807) is 12.1 Å². The Kier molecular flexibility index (Phi) is 8.41. The zero-order valence-electron chi connectivity index (χ0n) is 17.7. The largest absolute Gasteiger partial charge is 0.445 e. The number of nitrogens with zero attached hydrogens (tertiary/aromatic N) is 1. The van der Waals surface area contributed by atoms with E-state index < -0.39 is 18.0 Å². The third-order valence-electron chi connectivity index (χ3n) is 4.44. The van der Waals surface area contributed by atoms with Crippen LogP contribution in [0.3, 0.4) is 0 Å². The number of ether oxygens (including phenoxy) is 1. The van der Waals surface area contributed by atoms with Crippen LogP contribution >= 0.6 is 15.9 Å². The van der Waals surface area contributed by atoms with Gasteiger partial charge in [-0.1, -0.05) is 73.1 Å². The van der Waals surface area contributed by atoms with Crippen LogP contribution in [-0.4, -0.2) is 36.5 Å². The molecule has 0 aromatic heterocycles. The SMILES string of the molecule is CNC(=O)[C@H](Cc1ccc(Br)cc1F)N(CC(C)(C)C)C(=O)OCc1ccccc1. The van der Waals surface area contributed by atoms with Crippen LogP contribution in [0.2, 0.25) is 0 Å². The van der Waals surface area contributed by atoms with Crippen molar-refractivity contribution < 1.29 is 18.7 Å². The molecule has 0 saturated heterocycles. The van der Waals surface area contributed by atoms with E-state index >= 15 is 0 Å². The van der Waals surface area contributed by atoms with Crippen LogP contribution in [0.5, 0.6) is 0 Å². The molecule has 7 heteroatoms. The van der Waals surface area contributed by atoms with Gasteiger partial charge in [-0.3, -0.25) is 9.69 Å². The van der Waals surface area contributed by atoms with E-state index in [2.05, 4.69) is 21.2 Å². The fraction of sp³-hybridized carbons (Fsp3) is 0.391. The highest BCUT2D eigenvalue weighted by molar-refractivity contribution is 9.10. The molecule has 0 radical (unpaired) electrons. The van der Waals surface area contributed by atoms with Crippen molar-refractivity contribution in [3.8, 4) is 0 Å². The number of benzene rings is 2. The Morgan fingerprint density at radius 3 is 2.40 bits per heavy atom. The minimum absolute atomic E-state index is 0.0370. The van der Waals surface area contributed by atoms with Crippen molar-refractivity contribution >= 4 is 27.9 Å². The Balaban J connectivity index is 2.30. The maximum absolute atomic E-state index is 14.5. The van der Waals surface area contributed by atoms with Crippen LogP contribution in [0.4, 0.5) is 9.18 Å². The van der Waals surface area contributed by atoms with Gasteiger partial charge in [0.2, 0.25) is 5.91 Å². The van der Waals surface area contributed by atoms with Gasteiger partial charge >= 0.3 is 6.09 Å². The second-order valence-electron chi connectivity index (χ2n) is 8.30. The molecule has 0 spiro atoms. The molecule has 2 aromatic carbocycles. The van der Waals surface area contributed by atoms with E-state index in [1.807, 2.05) is 51.1 Å².